The third-order valence-electron chi connectivity index (χ3n) is 4.05. The Morgan fingerprint density at radius 3 is 2.82 bits per heavy atom. The van der Waals surface area contributed by atoms with E-state index in [1.54, 1.807) is 6.08 Å². The highest BCUT2D eigenvalue weighted by Crippen LogP contribution is 2.31. The molecule has 22 heavy (non-hydrogen) atoms. The van der Waals surface area contributed by atoms with Crippen molar-refractivity contribution in [1.82, 2.24) is 0 Å². The minimum Gasteiger partial charge on any atom is -0.461 e. The highest BCUT2D eigenvalue weighted by molar-refractivity contribution is 5.93. The van der Waals surface area contributed by atoms with Gasteiger partial charge in [-0.25, -0.2) is 4.79 Å². The number of allylic oxidation sites excluding steroid dienone is 1. The molecule has 0 saturated carbocycles. The molecule has 1 heterocycles. The minimum absolute atomic E-state index is 0.0573. The second-order valence-corrected chi connectivity index (χ2v) is 5.82. The van der Waals surface area contributed by atoms with Gasteiger partial charge in [-0.3, -0.25) is 4.79 Å². The van der Waals surface area contributed by atoms with Gasteiger partial charge in [-0.15, -0.1) is 0 Å². The third kappa shape index (κ3) is 3.85. The van der Waals surface area contributed by atoms with E-state index in [1.165, 1.54) is 6.92 Å². The summed E-state index contributed by atoms with van der Waals surface area (Å²) < 4.78 is 10.4. The molecule has 0 spiro atoms. The average molecular weight is 306 g/mol. The Hall–Kier alpha value is -1.88. The summed E-state index contributed by atoms with van der Waals surface area (Å²) in [6, 6.07) is 0. The van der Waals surface area contributed by atoms with E-state index in [1.807, 2.05) is 19.9 Å². The van der Waals surface area contributed by atoms with Gasteiger partial charge in [0.15, 0.2) is 0 Å². The van der Waals surface area contributed by atoms with Gasteiger partial charge < -0.3 is 14.6 Å². The van der Waals surface area contributed by atoms with Crippen molar-refractivity contribution in [2.75, 3.05) is 6.61 Å². The van der Waals surface area contributed by atoms with Crippen LogP contribution in [0, 0.1) is 0 Å². The molecular formula is C17H22O5. The van der Waals surface area contributed by atoms with Crippen LogP contribution in [-0.2, 0) is 19.1 Å². The second-order valence-electron chi connectivity index (χ2n) is 5.82. The molecule has 0 aromatic heterocycles. The monoisotopic (exact) mass is 306 g/mol. The largest absolute Gasteiger partial charge is 0.461 e. The molecule has 2 rings (SSSR count). The molecule has 120 valence electrons. The summed E-state index contributed by atoms with van der Waals surface area (Å²) in [5, 5.41) is 10.1. The number of hydrogen-bond donors (Lipinski definition) is 1. The van der Waals surface area contributed by atoms with Crippen LogP contribution in [0.1, 0.15) is 40.0 Å². The van der Waals surface area contributed by atoms with E-state index >= 15 is 0 Å². The van der Waals surface area contributed by atoms with Crippen LogP contribution in [0.3, 0.4) is 0 Å². The van der Waals surface area contributed by atoms with Crippen molar-refractivity contribution in [2.24, 2.45) is 0 Å². The van der Waals surface area contributed by atoms with Crippen molar-refractivity contribution >= 4 is 11.9 Å². The maximum atomic E-state index is 12.0. The molecule has 0 amide bonds. The molecule has 1 aliphatic heterocycles. The van der Waals surface area contributed by atoms with Crippen molar-refractivity contribution in [3.8, 4) is 0 Å². The van der Waals surface area contributed by atoms with Crippen LogP contribution in [0.4, 0.5) is 0 Å². The molecule has 0 aromatic rings. The third-order valence-corrected chi connectivity index (χ3v) is 4.05. The SMILES string of the molecule is CC(=O)OCC1=C2CC/C(C)=C/C[C@@H](O)/C(C)=C/[C@H]2OC1=O. The van der Waals surface area contributed by atoms with E-state index in [0.29, 0.717) is 18.4 Å². The summed E-state index contributed by atoms with van der Waals surface area (Å²) >= 11 is 0. The molecule has 0 saturated heterocycles. The zero-order valence-electron chi connectivity index (χ0n) is 13.2. The molecule has 5 nitrogen and oxygen atoms in total. The lowest BCUT2D eigenvalue weighted by Gasteiger charge is -2.17. The van der Waals surface area contributed by atoms with Crippen LogP contribution >= 0.6 is 0 Å². The Morgan fingerprint density at radius 2 is 2.14 bits per heavy atom. The summed E-state index contributed by atoms with van der Waals surface area (Å²) in [7, 11) is 0. The van der Waals surface area contributed by atoms with E-state index in [-0.39, 0.29) is 6.61 Å². The van der Waals surface area contributed by atoms with Crippen LogP contribution < -0.4 is 0 Å². The van der Waals surface area contributed by atoms with Crippen LogP contribution in [0.5, 0.6) is 0 Å². The first kappa shape index (κ1) is 16.5. The summed E-state index contributed by atoms with van der Waals surface area (Å²) in [6.45, 7) is 5.08. The quantitative estimate of drug-likeness (QED) is 0.625. The Labute approximate surface area is 130 Å². The van der Waals surface area contributed by atoms with Gasteiger partial charge >= 0.3 is 11.9 Å². The number of ether oxygens (including phenoxy) is 2. The van der Waals surface area contributed by atoms with Gasteiger partial charge in [-0.05, 0) is 50.3 Å². The Balaban J connectivity index is 2.34. The lowest BCUT2D eigenvalue weighted by molar-refractivity contribution is -0.142. The van der Waals surface area contributed by atoms with E-state index in [9.17, 15) is 14.7 Å². The zero-order valence-corrected chi connectivity index (χ0v) is 13.2. The summed E-state index contributed by atoms with van der Waals surface area (Å²) in [6.07, 6.45) is 4.78. The van der Waals surface area contributed by atoms with Crippen molar-refractivity contribution in [3.63, 3.8) is 0 Å². The summed E-state index contributed by atoms with van der Waals surface area (Å²) in [5.74, 6) is -0.872. The van der Waals surface area contributed by atoms with Crippen molar-refractivity contribution in [1.29, 1.82) is 0 Å². The molecular weight excluding hydrogens is 284 g/mol. The number of fused-ring (bicyclic) bond motifs is 1. The summed E-state index contributed by atoms with van der Waals surface area (Å²) in [4.78, 5) is 23.0. The Kier molecular flexibility index (Phi) is 5.19. The maximum Gasteiger partial charge on any atom is 0.338 e. The minimum atomic E-state index is -0.578. The van der Waals surface area contributed by atoms with Gasteiger partial charge in [0.1, 0.15) is 12.7 Å². The number of carbonyl (C=O) groups excluding carboxylic acids is 2. The van der Waals surface area contributed by atoms with Crippen LogP contribution in [0.25, 0.3) is 0 Å². The van der Waals surface area contributed by atoms with Gasteiger partial charge in [0.2, 0.25) is 0 Å². The number of hydrogen-bond acceptors (Lipinski definition) is 5. The number of esters is 2. The first-order chi connectivity index (χ1) is 10.4. The molecule has 0 aromatic carbocycles. The van der Waals surface area contributed by atoms with Crippen LogP contribution in [-0.4, -0.2) is 35.9 Å². The average Bonchev–Trinajstić information content (AvgIpc) is 2.74. The molecule has 2 atom stereocenters. The predicted octanol–water partition coefficient (Wildman–Crippen LogP) is 2.21. The van der Waals surface area contributed by atoms with E-state index in [2.05, 4.69) is 0 Å². The smallest absolute Gasteiger partial charge is 0.338 e. The van der Waals surface area contributed by atoms with Gasteiger partial charge in [-0.2, -0.15) is 0 Å². The van der Waals surface area contributed by atoms with Crippen molar-refractivity contribution in [3.05, 3.63) is 34.4 Å². The molecule has 5 heteroatoms. The van der Waals surface area contributed by atoms with Crippen molar-refractivity contribution in [2.45, 2.75) is 52.2 Å². The highest BCUT2D eigenvalue weighted by Gasteiger charge is 2.33. The molecule has 1 aliphatic carbocycles. The van der Waals surface area contributed by atoms with Gasteiger partial charge in [0.05, 0.1) is 11.7 Å². The molecule has 0 radical (unpaired) electrons. The number of rotatable bonds is 2. The fourth-order valence-electron chi connectivity index (χ4n) is 2.60. The summed E-state index contributed by atoms with van der Waals surface area (Å²) in [5.41, 5.74) is 3.20. The second kappa shape index (κ2) is 6.92. The Bertz CT molecular complexity index is 568. The number of aliphatic hydroxyl groups excluding tert-OH is 1. The Morgan fingerprint density at radius 1 is 1.41 bits per heavy atom. The number of aliphatic hydroxyl groups is 1. The standard InChI is InChI=1S/C17H22O5/c1-10-4-6-13-14(9-21-12(3)18)17(20)22-16(13)8-11(2)15(19)7-5-10/h5,8,15-16,19H,4,6-7,9H2,1-3H3/b10-5+,11-8+/t15-,16-/m1/s1. The van der Waals surface area contributed by atoms with Crippen molar-refractivity contribution < 1.29 is 24.2 Å². The highest BCUT2D eigenvalue weighted by atomic mass is 16.6. The lowest BCUT2D eigenvalue weighted by Crippen LogP contribution is -2.15. The number of carbonyl (C=O) groups is 2. The van der Waals surface area contributed by atoms with Gasteiger partial charge in [-0.1, -0.05) is 11.6 Å². The molecule has 0 bridgehead atoms. The lowest BCUT2D eigenvalue weighted by atomic mass is 9.93. The molecule has 1 N–H and O–H groups in total. The topological polar surface area (TPSA) is 72.8 Å². The zero-order chi connectivity index (χ0) is 16.3. The first-order valence-electron chi connectivity index (χ1n) is 7.46. The fourth-order valence-corrected chi connectivity index (χ4v) is 2.60. The van der Waals surface area contributed by atoms with E-state index < -0.39 is 24.1 Å². The van der Waals surface area contributed by atoms with E-state index in [0.717, 1.165) is 23.1 Å². The maximum absolute atomic E-state index is 12.0. The fraction of sp³-hybridized carbons (Fsp3) is 0.529. The normalized spacial score (nSPS) is 30.6. The van der Waals surface area contributed by atoms with Gasteiger partial charge in [0, 0.05) is 6.92 Å². The molecule has 0 unspecified atom stereocenters. The predicted molar refractivity (Wildman–Crippen MR) is 80.9 cm³/mol. The first-order valence-corrected chi connectivity index (χ1v) is 7.46. The van der Waals surface area contributed by atoms with E-state index in [4.69, 9.17) is 9.47 Å². The molecule has 0 fully saturated rings. The molecule has 2 aliphatic rings. The van der Waals surface area contributed by atoms with Crippen LogP contribution in [0.2, 0.25) is 0 Å². The van der Waals surface area contributed by atoms with Gasteiger partial charge in [0.25, 0.3) is 0 Å². The van der Waals surface area contributed by atoms with Crippen LogP contribution in [0.15, 0.2) is 34.4 Å².